The molecule has 1 unspecified atom stereocenters. The Balaban J connectivity index is 2.05. The summed E-state index contributed by atoms with van der Waals surface area (Å²) in [5.41, 5.74) is 0.728. The summed E-state index contributed by atoms with van der Waals surface area (Å²) < 4.78 is 29.7. The molecule has 2 aromatic rings. The fourth-order valence-corrected chi connectivity index (χ4v) is 2.63. The fourth-order valence-electron chi connectivity index (χ4n) is 2.07. The van der Waals surface area contributed by atoms with Crippen molar-refractivity contribution in [1.29, 1.82) is 0 Å². The van der Waals surface area contributed by atoms with Crippen molar-refractivity contribution < 1.29 is 27.9 Å². The molecule has 7 nitrogen and oxygen atoms in total. The molecule has 0 saturated heterocycles. The van der Waals surface area contributed by atoms with Gasteiger partial charge in [0.25, 0.3) is 0 Å². The zero-order valence-electron chi connectivity index (χ0n) is 13.6. The molecule has 0 spiro atoms. The summed E-state index contributed by atoms with van der Waals surface area (Å²) in [7, 11) is -3.40. The number of rotatable bonds is 6. The van der Waals surface area contributed by atoms with Crippen LogP contribution >= 0.6 is 0 Å². The van der Waals surface area contributed by atoms with Gasteiger partial charge < -0.3 is 9.84 Å². The van der Waals surface area contributed by atoms with Gasteiger partial charge in [-0.2, -0.15) is 0 Å². The Kier molecular flexibility index (Phi) is 5.43. The minimum Gasteiger partial charge on any atom is -0.508 e. The number of ether oxygens (including phenoxy) is 1. The van der Waals surface area contributed by atoms with Crippen LogP contribution in [0.2, 0.25) is 0 Å². The SMILES string of the molecule is CC(OC(=O)c1cccc(O)c1)C(=O)c1ccc(NS(C)(=O)=O)cc1. The van der Waals surface area contributed by atoms with Gasteiger partial charge in [0.2, 0.25) is 15.8 Å². The number of ketones is 1. The Morgan fingerprint density at radius 1 is 1.08 bits per heavy atom. The standard InChI is InChI=1S/C17H17NO6S/c1-11(24-17(21)13-4-3-5-15(19)10-13)16(20)12-6-8-14(9-7-12)18-25(2,22)23/h3-11,18-19H,1-2H3. The van der Waals surface area contributed by atoms with E-state index in [1.54, 1.807) is 0 Å². The summed E-state index contributed by atoms with van der Waals surface area (Å²) in [6.07, 6.45) is -0.0156. The van der Waals surface area contributed by atoms with Crippen molar-refractivity contribution >= 4 is 27.5 Å². The Morgan fingerprint density at radius 2 is 1.72 bits per heavy atom. The van der Waals surface area contributed by atoms with Crippen molar-refractivity contribution in [2.24, 2.45) is 0 Å². The van der Waals surface area contributed by atoms with Crippen molar-refractivity contribution in [1.82, 2.24) is 0 Å². The number of benzene rings is 2. The van der Waals surface area contributed by atoms with E-state index in [-0.39, 0.29) is 16.9 Å². The molecule has 0 fully saturated rings. The lowest BCUT2D eigenvalue weighted by molar-refractivity contribution is 0.0318. The maximum Gasteiger partial charge on any atom is 0.338 e. The molecular formula is C17H17NO6S. The Labute approximate surface area is 145 Å². The monoisotopic (exact) mass is 363 g/mol. The zero-order valence-corrected chi connectivity index (χ0v) is 14.4. The first-order chi connectivity index (χ1) is 11.7. The van der Waals surface area contributed by atoms with Crippen molar-refractivity contribution in [3.8, 4) is 5.75 Å². The van der Waals surface area contributed by atoms with Crippen LogP contribution in [-0.4, -0.2) is 37.6 Å². The third kappa shape index (κ3) is 5.32. The number of esters is 1. The molecule has 0 aliphatic rings. The summed E-state index contributed by atoms with van der Waals surface area (Å²) in [6, 6.07) is 11.4. The molecule has 132 valence electrons. The molecule has 25 heavy (non-hydrogen) atoms. The van der Waals surface area contributed by atoms with Crippen LogP contribution in [0.5, 0.6) is 5.75 Å². The van der Waals surface area contributed by atoms with Gasteiger partial charge in [0.15, 0.2) is 6.10 Å². The molecule has 0 amide bonds. The molecule has 2 rings (SSSR count). The highest BCUT2D eigenvalue weighted by Crippen LogP contribution is 2.16. The number of hydrogen-bond donors (Lipinski definition) is 2. The minimum atomic E-state index is -3.40. The zero-order chi connectivity index (χ0) is 18.6. The summed E-state index contributed by atoms with van der Waals surface area (Å²) in [4.78, 5) is 24.3. The van der Waals surface area contributed by atoms with E-state index < -0.39 is 27.9 Å². The number of carbonyl (C=O) groups is 2. The third-order valence-corrected chi connectivity index (χ3v) is 3.81. The molecule has 0 heterocycles. The van der Waals surface area contributed by atoms with Crippen LogP contribution in [0.1, 0.15) is 27.6 Å². The number of sulfonamides is 1. The lowest BCUT2D eigenvalue weighted by Crippen LogP contribution is -2.24. The number of hydrogen-bond acceptors (Lipinski definition) is 6. The molecule has 0 aliphatic carbocycles. The summed E-state index contributed by atoms with van der Waals surface area (Å²) in [5, 5.41) is 9.37. The molecule has 0 aliphatic heterocycles. The normalized spacial score (nSPS) is 12.2. The van der Waals surface area contributed by atoms with Gasteiger partial charge in [0.05, 0.1) is 11.8 Å². The predicted octanol–water partition coefficient (Wildman–Crippen LogP) is 2.19. The third-order valence-electron chi connectivity index (χ3n) is 3.21. The number of nitrogens with one attached hydrogen (secondary N) is 1. The largest absolute Gasteiger partial charge is 0.508 e. The molecular weight excluding hydrogens is 346 g/mol. The topological polar surface area (TPSA) is 110 Å². The number of aromatic hydroxyl groups is 1. The summed E-state index contributed by atoms with van der Waals surface area (Å²) >= 11 is 0. The molecule has 0 aromatic heterocycles. The maximum absolute atomic E-state index is 12.3. The minimum absolute atomic E-state index is 0.0811. The Morgan fingerprint density at radius 3 is 2.28 bits per heavy atom. The molecule has 8 heteroatoms. The number of Topliss-reactive ketones (excluding diaryl/α,β-unsaturated/α-hetero) is 1. The molecule has 2 N–H and O–H groups in total. The smallest absolute Gasteiger partial charge is 0.338 e. The summed E-state index contributed by atoms with van der Waals surface area (Å²) in [6.45, 7) is 1.44. The first kappa shape index (κ1) is 18.5. The Hall–Kier alpha value is -2.87. The second-order valence-corrected chi connectivity index (χ2v) is 7.16. The van der Waals surface area contributed by atoms with E-state index in [1.165, 1.54) is 55.5 Å². The average molecular weight is 363 g/mol. The van der Waals surface area contributed by atoms with E-state index >= 15 is 0 Å². The quantitative estimate of drug-likeness (QED) is 0.601. The predicted molar refractivity (Wildman–Crippen MR) is 92.2 cm³/mol. The number of phenols is 1. The fraction of sp³-hybridized carbons (Fsp3) is 0.176. The second kappa shape index (κ2) is 7.35. The number of anilines is 1. The van der Waals surface area contributed by atoms with Gasteiger partial charge >= 0.3 is 5.97 Å². The molecule has 0 bridgehead atoms. The van der Waals surface area contributed by atoms with Gasteiger partial charge in [-0.15, -0.1) is 0 Å². The van der Waals surface area contributed by atoms with Crippen molar-refractivity contribution in [3.05, 3.63) is 59.7 Å². The lowest BCUT2D eigenvalue weighted by Gasteiger charge is -2.13. The van der Waals surface area contributed by atoms with Gasteiger partial charge in [-0.1, -0.05) is 6.07 Å². The number of phenolic OH excluding ortho intramolecular Hbond substituents is 1. The first-order valence-electron chi connectivity index (χ1n) is 7.28. The van der Waals surface area contributed by atoms with Crippen LogP contribution < -0.4 is 4.72 Å². The van der Waals surface area contributed by atoms with Gasteiger partial charge in [0.1, 0.15) is 5.75 Å². The lowest BCUT2D eigenvalue weighted by atomic mass is 10.1. The highest BCUT2D eigenvalue weighted by molar-refractivity contribution is 7.92. The van der Waals surface area contributed by atoms with Gasteiger partial charge in [-0.25, -0.2) is 13.2 Å². The molecule has 0 radical (unpaired) electrons. The molecule has 2 aromatic carbocycles. The van der Waals surface area contributed by atoms with Crippen molar-refractivity contribution in [2.75, 3.05) is 11.0 Å². The van der Waals surface area contributed by atoms with E-state index in [4.69, 9.17) is 4.74 Å². The van der Waals surface area contributed by atoms with Crippen LogP contribution in [0.25, 0.3) is 0 Å². The maximum atomic E-state index is 12.3. The van der Waals surface area contributed by atoms with E-state index in [0.717, 1.165) is 6.26 Å². The molecule has 0 saturated carbocycles. The Bertz CT molecular complexity index is 890. The highest BCUT2D eigenvalue weighted by Gasteiger charge is 2.20. The van der Waals surface area contributed by atoms with Gasteiger partial charge in [-0.05, 0) is 49.4 Å². The van der Waals surface area contributed by atoms with Crippen LogP contribution in [0.15, 0.2) is 48.5 Å². The first-order valence-corrected chi connectivity index (χ1v) is 9.17. The van der Waals surface area contributed by atoms with Gasteiger partial charge in [-0.3, -0.25) is 9.52 Å². The van der Waals surface area contributed by atoms with Crippen LogP contribution in [0, 0.1) is 0 Å². The van der Waals surface area contributed by atoms with Crippen molar-refractivity contribution in [3.63, 3.8) is 0 Å². The van der Waals surface area contributed by atoms with Crippen molar-refractivity contribution in [2.45, 2.75) is 13.0 Å². The van der Waals surface area contributed by atoms with E-state index in [0.29, 0.717) is 5.69 Å². The van der Waals surface area contributed by atoms with Crippen LogP contribution in [0.4, 0.5) is 5.69 Å². The highest BCUT2D eigenvalue weighted by atomic mass is 32.2. The van der Waals surface area contributed by atoms with Gasteiger partial charge in [0, 0.05) is 11.3 Å². The van der Waals surface area contributed by atoms with E-state index in [9.17, 15) is 23.1 Å². The average Bonchev–Trinajstić information content (AvgIpc) is 2.53. The van der Waals surface area contributed by atoms with Crippen LogP contribution in [0.3, 0.4) is 0 Å². The van der Waals surface area contributed by atoms with E-state index in [1.807, 2.05) is 0 Å². The van der Waals surface area contributed by atoms with E-state index in [2.05, 4.69) is 4.72 Å². The second-order valence-electron chi connectivity index (χ2n) is 5.41. The van der Waals surface area contributed by atoms with Crippen LogP contribution in [-0.2, 0) is 14.8 Å². The molecule has 1 atom stereocenters. The summed E-state index contributed by atoms with van der Waals surface area (Å²) in [5.74, 6) is -1.24. The number of carbonyl (C=O) groups excluding carboxylic acids is 2.